The number of methoxy groups -OCH3 is 1. The van der Waals surface area contributed by atoms with E-state index in [0.29, 0.717) is 33.0 Å². The van der Waals surface area contributed by atoms with Crippen LogP contribution >= 0.6 is 10.7 Å². The maximum Gasteiger partial charge on any atom is 0.232 e. The molecule has 0 radical (unpaired) electrons. The molecule has 0 bridgehead atoms. The Bertz CT molecular complexity index is 337. The molecule has 0 aliphatic heterocycles. The molecule has 0 aromatic heterocycles. The van der Waals surface area contributed by atoms with Crippen LogP contribution in [-0.2, 0) is 23.3 Å². The van der Waals surface area contributed by atoms with Crippen molar-refractivity contribution < 1.29 is 22.6 Å². The molecule has 0 aliphatic rings. The molecule has 122 valence electrons. The fourth-order valence-electron chi connectivity index (χ4n) is 1.54. The predicted octanol–water partition coefficient (Wildman–Crippen LogP) is 2.29. The third-order valence-electron chi connectivity index (χ3n) is 2.95. The highest BCUT2D eigenvalue weighted by molar-refractivity contribution is 8.13. The van der Waals surface area contributed by atoms with Crippen molar-refractivity contribution in [2.75, 3.05) is 45.9 Å². The second-order valence-electron chi connectivity index (χ2n) is 5.80. The molecule has 0 spiro atoms. The molecule has 0 aliphatic carbocycles. The lowest BCUT2D eigenvalue weighted by molar-refractivity contribution is 0.0147. The summed E-state index contributed by atoms with van der Waals surface area (Å²) in [5.74, 6) is -0.217. The summed E-state index contributed by atoms with van der Waals surface area (Å²) in [7, 11) is 3.46. The highest BCUT2D eigenvalue weighted by Crippen LogP contribution is 2.28. The predicted molar refractivity (Wildman–Crippen MR) is 80.7 cm³/mol. The van der Waals surface area contributed by atoms with Crippen LogP contribution in [0.1, 0.15) is 27.2 Å². The van der Waals surface area contributed by atoms with Crippen molar-refractivity contribution in [2.24, 2.45) is 11.3 Å². The van der Waals surface area contributed by atoms with E-state index in [9.17, 15) is 8.42 Å². The molecule has 0 heterocycles. The van der Waals surface area contributed by atoms with Crippen LogP contribution < -0.4 is 0 Å². The van der Waals surface area contributed by atoms with Crippen LogP contribution in [0.15, 0.2) is 0 Å². The molecule has 1 atom stereocenters. The van der Waals surface area contributed by atoms with Crippen molar-refractivity contribution in [2.45, 2.75) is 27.2 Å². The van der Waals surface area contributed by atoms with E-state index < -0.39 is 9.05 Å². The minimum atomic E-state index is -3.52. The van der Waals surface area contributed by atoms with Crippen molar-refractivity contribution in [1.82, 2.24) is 0 Å². The van der Waals surface area contributed by atoms with Gasteiger partial charge in [-0.3, -0.25) is 0 Å². The van der Waals surface area contributed by atoms with Crippen molar-refractivity contribution in [1.29, 1.82) is 0 Å². The summed E-state index contributed by atoms with van der Waals surface area (Å²) in [5, 5.41) is 0. The van der Waals surface area contributed by atoms with Crippen LogP contribution in [0.25, 0.3) is 0 Å². The summed E-state index contributed by atoms with van der Waals surface area (Å²) < 4.78 is 38.1. The maximum absolute atomic E-state index is 11.2. The first-order valence-corrected chi connectivity index (χ1v) is 9.21. The zero-order chi connectivity index (χ0) is 15.6. The van der Waals surface area contributed by atoms with Gasteiger partial charge in [-0.1, -0.05) is 20.8 Å². The topological polar surface area (TPSA) is 61.8 Å². The summed E-state index contributed by atoms with van der Waals surface area (Å²) in [4.78, 5) is 0. The molecular weight excluding hydrogens is 304 g/mol. The normalized spacial score (nSPS) is 14.4. The maximum atomic E-state index is 11.2. The van der Waals surface area contributed by atoms with Gasteiger partial charge in [-0.05, 0) is 11.8 Å². The zero-order valence-electron chi connectivity index (χ0n) is 12.9. The third-order valence-corrected chi connectivity index (χ3v) is 4.13. The van der Waals surface area contributed by atoms with E-state index in [1.807, 2.05) is 20.8 Å². The number of hydrogen-bond donors (Lipinski definition) is 0. The van der Waals surface area contributed by atoms with Gasteiger partial charge < -0.3 is 14.2 Å². The molecule has 20 heavy (non-hydrogen) atoms. The van der Waals surface area contributed by atoms with Gasteiger partial charge in [0.25, 0.3) is 0 Å². The molecule has 1 unspecified atom stereocenters. The van der Waals surface area contributed by atoms with E-state index in [1.165, 1.54) is 0 Å². The number of halogens is 1. The minimum absolute atomic E-state index is 0.0766. The SMILES string of the molecule is COCCCOCCOCC(CS(=O)(=O)Cl)C(C)(C)C. The Morgan fingerprint density at radius 3 is 2.15 bits per heavy atom. The smallest absolute Gasteiger partial charge is 0.232 e. The standard InChI is InChI=1S/C13H27ClO5S/c1-13(2,3)12(11-20(14,15)16)10-19-9-8-18-7-5-6-17-4/h12H,5-11H2,1-4H3. The van der Waals surface area contributed by atoms with Gasteiger partial charge in [0.05, 0.1) is 25.6 Å². The first-order valence-electron chi connectivity index (χ1n) is 6.73. The average molecular weight is 331 g/mol. The van der Waals surface area contributed by atoms with Crippen molar-refractivity contribution in [3.8, 4) is 0 Å². The quantitative estimate of drug-likeness (QED) is 0.429. The summed E-state index contributed by atoms with van der Waals surface area (Å²) in [6.07, 6.45) is 0.853. The summed E-state index contributed by atoms with van der Waals surface area (Å²) in [5.41, 5.74) is -0.179. The van der Waals surface area contributed by atoms with Crippen LogP contribution in [-0.4, -0.2) is 54.3 Å². The van der Waals surface area contributed by atoms with Crippen LogP contribution in [0.5, 0.6) is 0 Å². The van der Waals surface area contributed by atoms with E-state index >= 15 is 0 Å². The van der Waals surface area contributed by atoms with Crippen LogP contribution in [0.2, 0.25) is 0 Å². The van der Waals surface area contributed by atoms with Crippen molar-refractivity contribution >= 4 is 19.7 Å². The minimum Gasteiger partial charge on any atom is -0.385 e. The van der Waals surface area contributed by atoms with E-state index in [1.54, 1.807) is 7.11 Å². The van der Waals surface area contributed by atoms with Crippen LogP contribution in [0.3, 0.4) is 0 Å². The number of rotatable bonds is 11. The van der Waals surface area contributed by atoms with Gasteiger partial charge in [0.2, 0.25) is 9.05 Å². The Hall–Kier alpha value is 0.120. The van der Waals surface area contributed by atoms with Gasteiger partial charge in [-0.2, -0.15) is 0 Å². The van der Waals surface area contributed by atoms with E-state index in [0.717, 1.165) is 6.42 Å². The van der Waals surface area contributed by atoms with Crippen molar-refractivity contribution in [3.63, 3.8) is 0 Å². The molecule has 7 heteroatoms. The molecule has 0 fully saturated rings. The van der Waals surface area contributed by atoms with Gasteiger partial charge in [0, 0.05) is 36.9 Å². The van der Waals surface area contributed by atoms with Crippen LogP contribution in [0.4, 0.5) is 0 Å². The lowest BCUT2D eigenvalue weighted by Gasteiger charge is -2.29. The Balaban J connectivity index is 3.87. The molecule has 0 aromatic rings. The Labute approximate surface area is 127 Å². The fraction of sp³-hybridized carbons (Fsp3) is 1.00. The van der Waals surface area contributed by atoms with E-state index in [2.05, 4.69) is 0 Å². The lowest BCUT2D eigenvalue weighted by Crippen LogP contribution is -2.31. The first kappa shape index (κ1) is 20.1. The Kier molecular flexibility index (Phi) is 10.0. The molecule has 0 N–H and O–H groups in total. The lowest BCUT2D eigenvalue weighted by atomic mass is 9.82. The second kappa shape index (κ2) is 9.95. The third kappa shape index (κ3) is 11.9. The molecule has 0 rings (SSSR count). The van der Waals surface area contributed by atoms with Gasteiger partial charge in [0.1, 0.15) is 0 Å². The molecule has 0 aromatic carbocycles. The summed E-state index contributed by atoms with van der Waals surface area (Å²) in [6.45, 7) is 8.54. The van der Waals surface area contributed by atoms with E-state index in [-0.39, 0.29) is 17.1 Å². The Morgan fingerprint density at radius 1 is 1.05 bits per heavy atom. The molecule has 5 nitrogen and oxygen atoms in total. The first-order chi connectivity index (χ1) is 9.17. The summed E-state index contributed by atoms with van der Waals surface area (Å²) >= 11 is 0. The Morgan fingerprint density at radius 2 is 1.65 bits per heavy atom. The fourth-order valence-corrected chi connectivity index (χ4v) is 3.07. The van der Waals surface area contributed by atoms with Gasteiger partial charge >= 0.3 is 0 Å². The van der Waals surface area contributed by atoms with Crippen LogP contribution in [0, 0.1) is 11.3 Å². The van der Waals surface area contributed by atoms with E-state index in [4.69, 9.17) is 24.9 Å². The molecule has 0 saturated heterocycles. The number of ether oxygens (including phenoxy) is 3. The van der Waals surface area contributed by atoms with Gasteiger partial charge in [0.15, 0.2) is 0 Å². The summed E-state index contributed by atoms with van der Waals surface area (Å²) in [6, 6.07) is 0. The highest BCUT2D eigenvalue weighted by Gasteiger charge is 2.29. The highest BCUT2D eigenvalue weighted by atomic mass is 35.7. The zero-order valence-corrected chi connectivity index (χ0v) is 14.4. The molecule has 0 amide bonds. The van der Waals surface area contributed by atoms with Gasteiger partial charge in [-0.25, -0.2) is 8.42 Å². The molecule has 0 saturated carbocycles. The second-order valence-corrected chi connectivity index (χ2v) is 8.62. The largest absolute Gasteiger partial charge is 0.385 e. The van der Waals surface area contributed by atoms with Gasteiger partial charge in [-0.15, -0.1) is 0 Å². The monoisotopic (exact) mass is 330 g/mol. The molecular formula is C13H27ClO5S. The number of hydrogen-bond acceptors (Lipinski definition) is 5. The average Bonchev–Trinajstić information content (AvgIpc) is 2.28. The van der Waals surface area contributed by atoms with Crippen molar-refractivity contribution in [3.05, 3.63) is 0 Å².